The molecule has 0 bridgehead atoms. The number of carboxylic acids is 1. The van der Waals surface area contributed by atoms with Gasteiger partial charge in [0, 0.05) is 13.1 Å². The molecule has 1 saturated carbocycles. The Hall–Kier alpha value is -2.64. The minimum absolute atomic E-state index is 0.0998. The molecular formula is C17H23N3O5. The average Bonchev–Trinajstić information content (AvgIpc) is 2.56. The normalized spacial score (nSPS) is 22.9. The molecule has 0 atom stereocenters. The van der Waals surface area contributed by atoms with Crippen LogP contribution in [0.2, 0.25) is 0 Å². The van der Waals surface area contributed by atoms with E-state index in [9.17, 15) is 24.8 Å². The summed E-state index contributed by atoms with van der Waals surface area (Å²) in [6, 6.07) is 6.13. The predicted octanol–water partition coefficient (Wildman–Crippen LogP) is 2.18. The summed E-state index contributed by atoms with van der Waals surface area (Å²) in [6.07, 6.45) is 2.27. The Morgan fingerprint density at radius 1 is 1.36 bits per heavy atom. The molecule has 0 saturated heterocycles. The SMILES string of the molecule is CC1CCC(NC(=O)CN(C)c2ccccc2[N+](=O)[O-])(C(=O)O)CC1. The third-order valence-corrected chi connectivity index (χ3v) is 4.79. The van der Waals surface area contributed by atoms with Crippen molar-refractivity contribution in [1.82, 2.24) is 5.32 Å². The lowest BCUT2D eigenvalue weighted by Gasteiger charge is -2.36. The van der Waals surface area contributed by atoms with Crippen LogP contribution in [0.4, 0.5) is 11.4 Å². The second-order valence-electron chi connectivity index (χ2n) is 6.72. The summed E-state index contributed by atoms with van der Waals surface area (Å²) in [6.45, 7) is 1.91. The number of nitro groups is 1. The first-order valence-corrected chi connectivity index (χ1v) is 8.24. The molecule has 1 aliphatic carbocycles. The third-order valence-electron chi connectivity index (χ3n) is 4.79. The van der Waals surface area contributed by atoms with Crippen LogP contribution in [0.1, 0.15) is 32.6 Å². The second kappa shape index (κ2) is 7.50. The van der Waals surface area contributed by atoms with Gasteiger partial charge in [-0.1, -0.05) is 19.1 Å². The van der Waals surface area contributed by atoms with Crippen molar-refractivity contribution < 1.29 is 19.6 Å². The third kappa shape index (κ3) is 4.26. The number of carboxylic acid groups (broad SMARTS) is 1. The van der Waals surface area contributed by atoms with Crippen molar-refractivity contribution in [2.24, 2.45) is 5.92 Å². The van der Waals surface area contributed by atoms with Gasteiger partial charge in [-0.15, -0.1) is 0 Å². The first-order chi connectivity index (χ1) is 11.7. The van der Waals surface area contributed by atoms with Gasteiger partial charge in [-0.25, -0.2) is 4.79 Å². The lowest BCUT2D eigenvalue weighted by molar-refractivity contribution is -0.384. The molecule has 1 aromatic carbocycles. The molecule has 1 aromatic rings. The van der Waals surface area contributed by atoms with Crippen molar-refractivity contribution >= 4 is 23.3 Å². The van der Waals surface area contributed by atoms with Gasteiger partial charge < -0.3 is 15.3 Å². The molecule has 0 radical (unpaired) electrons. The van der Waals surface area contributed by atoms with E-state index in [1.54, 1.807) is 25.2 Å². The van der Waals surface area contributed by atoms with Crippen LogP contribution in [0.15, 0.2) is 24.3 Å². The zero-order valence-electron chi connectivity index (χ0n) is 14.4. The van der Waals surface area contributed by atoms with Gasteiger partial charge in [0.2, 0.25) is 5.91 Å². The van der Waals surface area contributed by atoms with E-state index in [1.165, 1.54) is 11.0 Å². The number of amides is 1. The standard InChI is InChI=1S/C17H23N3O5/c1-12-7-9-17(10-8-12,16(22)23)18-15(21)11-19(2)13-5-3-4-6-14(13)20(24)25/h3-6,12H,7-11H2,1-2H3,(H,18,21)(H,22,23). The van der Waals surface area contributed by atoms with E-state index in [-0.39, 0.29) is 12.2 Å². The number of carbonyl (C=O) groups is 2. The average molecular weight is 349 g/mol. The fourth-order valence-corrected chi connectivity index (χ4v) is 3.20. The van der Waals surface area contributed by atoms with Crippen LogP contribution in [-0.4, -0.2) is 41.0 Å². The molecule has 2 rings (SSSR count). The number of anilines is 1. The number of aliphatic carboxylic acids is 1. The minimum Gasteiger partial charge on any atom is -0.480 e. The maximum atomic E-state index is 12.4. The first-order valence-electron chi connectivity index (χ1n) is 8.24. The number of likely N-dealkylation sites (N-methyl/N-ethyl adjacent to an activating group) is 1. The van der Waals surface area contributed by atoms with Gasteiger partial charge in [0.1, 0.15) is 11.2 Å². The van der Waals surface area contributed by atoms with E-state index in [4.69, 9.17) is 0 Å². The van der Waals surface area contributed by atoms with Crippen LogP contribution < -0.4 is 10.2 Å². The maximum Gasteiger partial charge on any atom is 0.329 e. The molecule has 0 aliphatic heterocycles. The molecule has 0 aromatic heterocycles. The van der Waals surface area contributed by atoms with Crippen molar-refractivity contribution in [1.29, 1.82) is 0 Å². The Bertz CT molecular complexity index is 668. The van der Waals surface area contributed by atoms with E-state index in [1.807, 2.05) is 0 Å². The fraction of sp³-hybridized carbons (Fsp3) is 0.529. The summed E-state index contributed by atoms with van der Waals surface area (Å²) < 4.78 is 0. The molecule has 1 aliphatic rings. The minimum atomic E-state index is -1.24. The first kappa shape index (κ1) is 18.7. The summed E-state index contributed by atoms with van der Waals surface area (Å²) in [4.78, 5) is 36.1. The molecule has 8 heteroatoms. The lowest BCUT2D eigenvalue weighted by Crippen LogP contribution is -2.57. The predicted molar refractivity (Wildman–Crippen MR) is 92.5 cm³/mol. The van der Waals surface area contributed by atoms with E-state index in [2.05, 4.69) is 12.2 Å². The van der Waals surface area contributed by atoms with E-state index >= 15 is 0 Å². The van der Waals surface area contributed by atoms with Gasteiger partial charge in [0.05, 0.1) is 11.5 Å². The monoisotopic (exact) mass is 349 g/mol. The van der Waals surface area contributed by atoms with Crippen LogP contribution >= 0.6 is 0 Å². The van der Waals surface area contributed by atoms with Gasteiger partial charge in [-0.3, -0.25) is 14.9 Å². The molecule has 25 heavy (non-hydrogen) atoms. The second-order valence-corrected chi connectivity index (χ2v) is 6.72. The van der Waals surface area contributed by atoms with Crippen LogP contribution in [0.3, 0.4) is 0 Å². The molecule has 1 fully saturated rings. The Morgan fingerprint density at radius 2 is 1.96 bits per heavy atom. The van der Waals surface area contributed by atoms with Gasteiger partial charge in [-0.2, -0.15) is 0 Å². The number of hydrogen-bond donors (Lipinski definition) is 2. The van der Waals surface area contributed by atoms with E-state index < -0.39 is 22.3 Å². The number of rotatable bonds is 6. The summed E-state index contributed by atoms with van der Waals surface area (Å²) in [5.41, 5.74) is -1.03. The lowest BCUT2D eigenvalue weighted by atomic mass is 9.77. The van der Waals surface area contributed by atoms with E-state index in [0.29, 0.717) is 24.4 Å². The molecule has 8 nitrogen and oxygen atoms in total. The van der Waals surface area contributed by atoms with Crippen LogP contribution in [0, 0.1) is 16.0 Å². The molecule has 0 heterocycles. The van der Waals surface area contributed by atoms with Crippen molar-refractivity contribution in [3.05, 3.63) is 34.4 Å². The number of hydrogen-bond acceptors (Lipinski definition) is 5. The molecule has 1 amide bonds. The Kier molecular flexibility index (Phi) is 5.61. The number of nitrogens with zero attached hydrogens (tertiary/aromatic N) is 2. The number of benzene rings is 1. The van der Waals surface area contributed by atoms with Crippen molar-refractivity contribution in [3.8, 4) is 0 Å². The molecular weight excluding hydrogens is 326 g/mol. The number of nitro benzene ring substituents is 1. The highest BCUT2D eigenvalue weighted by Gasteiger charge is 2.42. The van der Waals surface area contributed by atoms with Gasteiger partial charge >= 0.3 is 5.97 Å². The quantitative estimate of drug-likeness (QED) is 0.601. The summed E-state index contributed by atoms with van der Waals surface area (Å²) in [5, 5.41) is 23.3. The van der Waals surface area contributed by atoms with Crippen LogP contribution in [0.5, 0.6) is 0 Å². The highest BCUT2D eigenvalue weighted by Crippen LogP contribution is 2.32. The topological polar surface area (TPSA) is 113 Å². The van der Waals surface area contributed by atoms with Crippen molar-refractivity contribution in [3.63, 3.8) is 0 Å². The highest BCUT2D eigenvalue weighted by molar-refractivity contribution is 5.89. The zero-order valence-corrected chi connectivity index (χ0v) is 14.4. The van der Waals surface area contributed by atoms with Gasteiger partial charge in [0.15, 0.2) is 0 Å². The zero-order chi connectivity index (χ0) is 18.6. The summed E-state index contributed by atoms with van der Waals surface area (Å²) >= 11 is 0. The number of nitrogens with one attached hydrogen (secondary N) is 1. The van der Waals surface area contributed by atoms with E-state index in [0.717, 1.165) is 12.8 Å². The molecule has 136 valence electrons. The Labute approximate surface area is 146 Å². The molecule has 0 unspecified atom stereocenters. The van der Waals surface area contributed by atoms with Crippen molar-refractivity contribution in [2.45, 2.75) is 38.1 Å². The molecule has 2 N–H and O–H groups in total. The van der Waals surface area contributed by atoms with Crippen LogP contribution in [-0.2, 0) is 9.59 Å². The fourth-order valence-electron chi connectivity index (χ4n) is 3.20. The van der Waals surface area contributed by atoms with Gasteiger partial charge in [-0.05, 0) is 37.7 Å². The van der Waals surface area contributed by atoms with Crippen molar-refractivity contribution in [2.75, 3.05) is 18.5 Å². The maximum absolute atomic E-state index is 12.4. The number of para-hydroxylation sites is 2. The summed E-state index contributed by atoms with van der Waals surface area (Å²) in [7, 11) is 1.57. The van der Waals surface area contributed by atoms with Crippen LogP contribution in [0.25, 0.3) is 0 Å². The Balaban J connectivity index is 2.09. The number of carbonyl (C=O) groups excluding carboxylic acids is 1. The molecule has 0 spiro atoms. The van der Waals surface area contributed by atoms with Gasteiger partial charge in [0.25, 0.3) is 5.69 Å². The largest absolute Gasteiger partial charge is 0.480 e. The summed E-state index contributed by atoms with van der Waals surface area (Å²) in [5.74, 6) is -1.04. The smallest absolute Gasteiger partial charge is 0.329 e. The highest BCUT2D eigenvalue weighted by atomic mass is 16.6. The Morgan fingerprint density at radius 3 is 2.52 bits per heavy atom.